The Morgan fingerprint density at radius 3 is 1.97 bits per heavy atom. The molecule has 2 atom stereocenters. The highest BCUT2D eigenvalue weighted by Crippen LogP contribution is 2.24. The minimum absolute atomic E-state index is 0.0966. The van der Waals surface area contributed by atoms with Crippen LogP contribution in [0, 0.1) is 11.8 Å². The molecule has 2 N–H and O–H groups in total. The second kappa shape index (κ2) is 12.0. The third-order valence-electron chi connectivity index (χ3n) is 5.47. The monoisotopic (exact) mass is 492 g/mol. The zero-order valence-corrected chi connectivity index (χ0v) is 20.1. The number of carboxylic acid groups (broad SMARTS) is 1. The molecule has 0 bridgehead atoms. The minimum Gasteiger partial charge on any atom is -0.481 e. The standard InChI is InChI=1S/C27H28N2O5S/c1-35(33,34)29(23-17-9-4-10-18-23)28-26(30)25(20-22-14-7-3-8-15-22)24(27(31)32)19-11-16-21-12-5-2-6-13-21/h2-18,24-25H,19-20H2,1H3,(H,28,30)(H,31,32)/t24-,25+/m0/s1. The highest BCUT2D eigenvalue weighted by atomic mass is 32.2. The van der Waals surface area contributed by atoms with Gasteiger partial charge < -0.3 is 5.11 Å². The Hall–Kier alpha value is -3.91. The van der Waals surface area contributed by atoms with Crippen LogP contribution in [0.15, 0.2) is 97.1 Å². The van der Waals surface area contributed by atoms with Crippen LogP contribution < -0.4 is 9.84 Å². The largest absolute Gasteiger partial charge is 0.481 e. The van der Waals surface area contributed by atoms with Gasteiger partial charge in [0.1, 0.15) is 0 Å². The van der Waals surface area contributed by atoms with Gasteiger partial charge in [-0.1, -0.05) is 91.0 Å². The summed E-state index contributed by atoms with van der Waals surface area (Å²) in [5.41, 5.74) is 4.39. The Balaban J connectivity index is 1.91. The van der Waals surface area contributed by atoms with Gasteiger partial charge in [-0.05, 0) is 36.1 Å². The molecule has 182 valence electrons. The van der Waals surface area contributed by atoms with E-state index in [1.54, 1.807) is 42.5 Å². The van der Waals surface area contributed by atoms with Gasteiger partial charge in [0, 0.05) is 0 Å². The number of aliphatic carboxylic acids is 1. The molecular formula is C27H28N2O5S. The summed E-state index contributed by atoms with van der Waals surface area (Å²) in [4.78, 5) is 25.7. The fourth-order valence-corrected chi connectivity index (χ4v) is 4.48. The second-order valence-electron chi connectivity index (χ2n) is 8.13. The summed E-state index contributed by atoms with van der Waals surface area (Å²) < 4.78 is 25.7. The number of carbonyl (C=O) groups excluding carboxylic acids is 1. The van der Waals surface area contributed by atoms with E-state index >= 15 is 0 Å². The topological polar surface area (TPSA) is 104 Å². The smallest absolute Gasteiger partial charge is 0.307 e. The van der Waals surface area contributed by atoms with E-state index in [-0.39, 0.29) is 18.5 Å². The highest BCUT2D eigenvalue weighted by Gasteiger charge is 2.35. The van der Waals surface area contributed by atoms with Crippen molar-refractivity contribution in [2.75, 3.05) is 10.7 Å². The fourth-order valence-electron chi connectivity index (χ4n) is 3.72. The maximum atomic E-state index is 13.5. The predicted molar refractivity (Wildman–Crippen MR) is 137 cm³/mol. The molecule has 1 amide bonds. The van der Waals surface area contributed by atoms with E-state index in [1.165, 1.54) is 0 Å². The summed E-state index contributed by atoms with van der Waals surface area (Å²) in [5.74, 6) is -3.93. The number of carbonyl (C=O) groups is 2. The molecule has 0 saturated heterocycles. The third kappa shape index (κ3) is 7.55. The molecule has 0 spiro atoms. The Bertz CT molecular complexity index is 1250. The quantitative estimate of drug-likeness (QED) is 0.392. The molecule has 0 unspecified atom stereocenters. The number of hydrogen-bond acceptors (Lipinski definition) is 4. The number of allylic oxidation sites excluding steroid dienone is 1. The number of rotatable bonds is 11. The van der Waals surface area contributed by atoms with Crippen molar-refractivity contribution in [1.82, 2.24) is 5.43 Å². The lowest BCUT2D eigenvalue weighted by Gasteiger charge is -2.28. The summed E-state index contributed by atoms with van der Waals surface area (Å²) in [7, 11) is -3.88. The van der Waals surface area contributed by atoms with Crippen LogP contribution >= 0.6 is 0 Å². The van der Waals surface area contributed by atoms with Gasteiger partial charge in [0.2, 0.25) is 15.9 Å². The lowest BCUT2D eigenvalue weighted by molar-refractivity contribution is -0.147. The van der Waals surface area contributed by atoms with Crippen LogP contribution in [0.5, 0.6) is 0 Å². The molecule has 0 fully saturated rings. The number of hydrogen-bond donors (Lipinski definition) is 2. The van der Waals surface area contributed by atoms with Crippen LogP contribution in [-0.4, -0.2) is 31.7 Å². The Labute approximate surface area is 205 Å². The summed E-state index contributed by atoms with van der Waals surface area (Å²) in [6.45, 7) is 0. The number of anilines is 1. The molecule has 8 heteroatoms. The lowest BCUT2D eigenvalue weighted by atomic mass is 9.83. The van der Waals surface area contributed by atoms with Crippen molar-refractivity contribution in [3.8, 4) is 0 Å². The van der Waals surface area contributed by atoms with Crippen LogP contribution in [0.25, 0.3) is 6.08 Å². The first-order chi connectivity index (χ1) is 16.8. The van der Waals surface area contributed by atoms with Crippen LogP contribution in [0.3, 0.4) is 0 Å². The average molecular weight is 493 g/mol. The van der Waals surface area contributed by atoms with E-state index in [0.29, 0.717) is 0 Å². The maximum Gasteiger partial charge on any atom is 0.307 e. The molecular weight excluding hydrogens is 464 g/mol. The predicted octanol–water partition coefficient (Wildman–Crippen LogP) is 4.15. The summed E-state index contributed by atoms with van der Waals surface area (Å²) in [6.07, 6.45) is 4.74. The number of para-hydroxylation sites is 1. The van der Waals surface area contributed by atoms with E-state index < -0.39 is 33.7 Å². The molecule has 3 rings (SSSR count). The van der Waals surface area contributed by atoms with Crippen LogP contribution in [0.2, 0.25) is 0 Å². The van der Waals surface area contributed by atoms with Gasteiger partial charge in [-0.15, -0.1) is 0 Å². The average Bonchev–Trinajstić information content (AvgIpc) is 2.85. The molecule has 0 heterocycles. The number of nitrogens with one attached hydrogen (secondary N) is 1. The molecule has 0 saturated carbocycles. The van der Waals surface area contributed by atoms with Gasteiger partial charge in [-0.3, -0.25) is 15.0 Å². The van der Waals surface area contributed by atoms with Gasteiger partial charge in [-0.2, -0.15) is 4.41 Å². The van der Waals surface area contributed by atoms with Crippen LogP contribution in [-0.2, 0) is 26.0 Å². The van der Waals surface area contributed by atoms with Gasteiger partial charge >= 0.3 is 5.97 Å². The molecule has 0 aromatic heterocycles. The zero-order chi connectivity index (χ0) is 25.3. The first kappa shape index (κ1) is 25.7. The fraction of sp³-hybridized carbons (Fsp3) is 0.185. The molecule has 7 nitrogen and oxygen atoms in total. The van der Waals surface area contributed by atoms with Crippen molar-refractivity contribution in [2.24, 2.45) is 11.8 Å². The number of carboxylic acids is 1. The van der Waals surface area contributed by atoms with E-state index in [0.717, 1.165) is 21.8 Å². The van der Waals surface area contributed by atoms with E-state index in [2.05, 4.69) is 5.43 Å². The molecule has 3 aromatic carbocycles. The second-order valence-corrected chi connectivity index (χ2v) is 9.96. The molecule has 0 aliphatic heterocycles. The van der Waals surface area contributed by atoms with Gasteiger partial charge in [0.15, 0.2) is 0 Å². The molecule has 3 aromatic rings. The van der Waals surface area contributed by atoms with Crippen molar-refractivity contribution in [1.29, 1.82) is 0 Å². The van der Waals surface area contributed by atoms with Crippen LogP contribution in [0.4, 0.5) is 5.69 Å². The third-order valence-corrected chi connectivity index (χ3v) is 6.44. The van der Waals surface area contributed by atoms with Crippen molar-refractivity contribution in [2.45, 2.75) is 12.8 Å². The van der Waals surface area contributed by atoms with Crippen LogP contribution in [0.1, 0.15) is 17.5 Å². The summed E-state index contributed by atoms with van der Waals surface area (Å²) in [5, 5.41) is 10.0. The SMILES string of the molecule is CS(=O)(=O)N(NC(=O)[C@H](Cc1ccccc1)[C@H](CC=Cc1ccccc1)C(=O)O)c1ccccc1. The van der Waals surface area contributed by atoms with E-state index in [1.807, 2.05) is 60.7 Å². The number of hydrazine groups is 1. The Morgan fingerprint density at radius 1 is 0.886 bits per heavy atom. The van der Waals surface area contributed by atoms with Crippen molar-refractivity contribution in [3.05, 3.63) is 108 Å². The molecule has 0 aliphatic carbocycles. The highest BCUT2D eigenvalue weighted by molar-refractivity contribution is 7.92. The van der Waals surface area contributed by atoms with Gasteiger partial charge in [0.05, 0.1) is 23.8 Å². The maximum absolute atomic E-state index is 13.5. The molecule has 0 aliphatic rings. The zero-order valence-electron chi connectivity index (χ0n) is 19.3. The van der Waals surface area contributed by atoms with E-state index in [4.69, 9.17) is 0 Å². The first-order valence-electron chi connectivity index (χ1n) is 11.1. The number of nitrogens with zero attached hydrogens (tertiary/aromatic N) is 1. The minimum atomic E-state index is -3.88. The van der Waals surface area contributed by atoms with Crippen molar-refractivity contribution in [3.63, 3.8) is 0 Å². The lowest BCUT2D eigenvalue weighted by Crippen LogP contribution is -2.50. The van der Waals surface area contributed by atoms with Gasteiger partial charge in [0.25, 0.3) is 0 Å². The Kier molecular flexibility index (Phi) is 8.80. The van der Waals surface area contributed by atoms with Crippen molar-refractivity contribution < 1.29 is 23.1 Å². The summed E-state index contributed by atoms with van der Waals surface area (Å²) in [6, 6.07) is 26.6. The molecule has 35 heavy (non-hydrogen) atoms. The van der Waals surface area contributed by atoms with E-state index in [9.17, 15) is 23.1 Å². The number of sulfonamides is 1. The number of amides is 1. The summed E-state index contributed by atoms with van der Waals surface area (Å²) >= 11 is 0. The Morgan fingerprint density at radius 2 is 1.43 bits per heavy atom. The first-order valence-corrected chi connectivity index (χ1v) is 12.9. The number of benzene rings is 3. The van der Waals surface area contributed by atoms with Crippen molar-refractivity contribution >= 4 is 33.7 Å². The van der Waals surface area contributed by atoms with Gasteiger partial charge in [-0.25, -0.2) is 8.42 Å². The normalized spacial score (nSPS) is 13.2. The molecule has 0 radical (unpaired) electrons.